The summed E-state index contributed by atoms with van der Waals surface area (Å²) >= 11 is 0. The van der Waals surface area contributed by atoms with Crippen molar-refractivity contribution in [2.75, 3.05) is 0 Å². The van der Waals surface area contributed by atoms with Crippen molar-refractivity contribution in [3.8, 4) is 0 Å². The van der Waals surface area contributed by atoms with E-state index in [1.165, 1.54) is 6.92 Å². The van der Waals surface area contributed by atoms with E-state index in [1.54, 1.807) is 19.1 Å². The first-order valence-corrected chi connectivity index (χ1v) is 4.18. The third-order valence-electron chi connectivity index (χ3n) is 1.72. The minimum Gasteiger partial charge on any atom is -0.458 e. The van der Waals surface area contributed by atoms with Crippen LogP contribution < -0.4 is 0 Å². The van der Waals surface area contributed by atoms with Crippen molar-refractivity contribution in [2.45, 2.75) is 26.7 Å². The molecule has 0 radical (unpaired) electrons. The number of aryl methyl sites for hydroxylation is 1. The summed E-state index contributed by atoms with van der Waals surface area (Å²) in [6, 6.07) is 3.37. The van der Waals surface area contributed by atoms with E-state index in [1.807, 2.05) is 0 Å². The number of hydrogen-bond donors (Lipinski definition) is 0. The van der Waals surface area contributed by atoms with Crippen LogP contribution in [-0.4, -0.2) is 11.6 Å². The summed E-state index contributed by atoms with van der Waals surface area (Å²) in [5, 5.41) is 0. The fourth-order valence-electron chi connectivity index (χ4n) is 0.997. The van der Waals surface area contributed by atoms with Crippen molar-refractivity contribution in [3.63, 3.8) is 0 Å². The van der Waals surface area contributed by atoms with Crippen LogP contribution in [0.2, 0.25) is 0 Å². The van der Waals surface area contributed by atoms with Gasteiger partial charge in [-0.25, -0.2) is 0 Å². The van der Waals surface area contributed by atoms with E-state index in [4.69, 9.17) is 4.42 Å². The molecule has 3 nitrogen and oxygen atoms in total. The van der Waals surface area contributed by atoms with Crippen LogP contribution in [0.4, 0.5) is 0 Å². The number of Topliss-reactive ketones (excluding diaryl/α,β-unsaturated/α-hetero) is 2. The molecule has 0 spiro atoms. The van der Waals surface area contributed by atoms with E-state index in [2.05, 4.69) is 0 Å². The largest absolute Gasteiger partial charge is 0.458 e. The predicted octanol–water partition coefficient (Wildman–Crippen LogP) is 2.14. The topological polar surface area (TPSA) is 47.3 Å². The molecule has 0 aliphatic heterocycles. The van der Waals surface area contributed by atoms with Gasteiger partial charge in [-0.15, -0.1) is 0 Å². The van der Waals surface area contributed by atoms with Gasteiger partial charge in [0.15, 0.2) is 11.5 Å². The zero-order valence-electron chi connectivity index (χ0n) is 7.79. The maximum atomic E-state index is 11.3. The number of rotatable bonds is 4. The molecule has 0 N–H and O–H groups in total. The van der Waals surface area contributed by atoms with Crippen LogP contribution in [0, 0.1) is 6.92 Å². The number of hydrogen-bond acceptors (Lipinski definition) is 3. The second-order valence-corrected chi connectivity index (χ2v) is 3.04. The highest BCUT2D eigenvalue weighted by molar-refractivity contribution is 5.95. The minimum atomic E-state index is -0.108. The molecule has 0 saturated carbocycles. The normalized spacial score (nSPS) is 10.0. The van der Waals surface area contributed by atoms with Crippen LogP contribution in [-0.2, 0) is 4.79 Å². The Hall–Kier alpha value is -1.38. The maximum absolute atomic E-state index is 11.3. The number of carbonyl (C=O) groups is 2. The highest BCUT2D eigenvalue weighted by atomic mass is 16.3. The fourth-order valence-corrected chi connectivity index (χ4v) is 0.997. The smallest absolute Gasteiger partial charge is 0.198 e. The summed E-state index contributed by atoms with van der Waals surface area (Å²) in [5.74, 6) is 0.977. The van der Waals surface area contributed by atoms with Crippen molar-refractivity contribution in [3.05, 3.63) is 23.7 Å². The molecule has 0 saturated heterocycles. The molecule has 70 valence electrons. The molecule has 0 fully saturated rings. The van der Waals surface area contributed by atoms with Crippen LogP contribution in [0.5, 0.6) is 0 Å². The third-order valence-corrected chi connectivity index (χ3v) is 1.72. The third kappa shape index (κ3) is 2.86. The SMILES string of the molecule is CC(=O)CCC(=O)c1ccc(C)o1. The van der Waals surface area contributed by atoms with Crippen LogP contribution in [0.3, 0.4) is 0 Å². The number of ketones is 2. The van der Waals surface area contributed by atoms with Crippen molar-refractivity contribution >= 4 is 11.6 Å². The molecule has 1 aromatic heterocycles. The Morgan fingerprint density at radius 3 is 2.46 bits per heavy atom. The Morgan fingerprint density at radius 2 is 2.00 bits per heavy atom. The van der Waals surface area contributed by atoms with E-state index in [-0.39, 0.29) is 18.0 Å². The van der Waals surface area contributed by atoms with Crippen LogP contribution >= 0.6 is 0 Å². The van der Waals surface area contributed by atoms with Crippen molar-refractivity contribution in [2.24, 2.45) is 0 Å². The summed E-state index contributed by atoms with van der Waals surface area (Å²) in [6.07, 6.45) is 0.529. The van der Waals surface area contributed by atoms with Crippen LogP contribution in [0.1, 0.15) is 36.1 Å². The van der Waals surface area contributed by atoms with Gasteiger partial charge in [0.2, 0.25) is 0 Å². The predicted molar refractivity (Wildman–Crippen MR) is 47.7 cm³/mol. The van der Waals surface area contributed by atoms with Gasteiger partial charge in [-0.1, -0.05) is 0 Å². The van der Waals surface area contributed by atoms with Gasteiger partial charge in [-0.3, -0.25) is 4.79 Å². The first-order chi connectivity index (χ1) is 6.09. The zero-order chi connectivity index (χ0) is 9.84. The lowest BCUT2D eigenvalue weighted by Crippen LogP contribution is -2.00. The molecule has 0 unspecified atom stereocenters. The first kappa shape index (κ1) is 9.71. The summed E-state index contributed by atoms with van der Waals surface area (Å²) in [7, 11) is 0. The van der Waals surface area contributed by atoms with Gasteiger partial charge in [0, 0.05) is 12.8 Å². The highest BCUT2D eigenvalue weighted by Gasteiger charge is 2.10. The molecule has 1 heterocycles. The molecule has 0 atom stereocenters. The van der Waals surface area contributed by atoms with E-state index >= 15 is 0 Å². The van der Waals surface area contributed by atoms with E-state index in [9.17, 15) is 9.59 Å². The van der Waals surface area contributed by atoms with Gasteiger partial charge in [0.1, 0.15) is 11.5 Å². The summed E-state index contributed by atoms with van der Waals surface area (Å²) in [5.41, 5.74) is 0. The molecule has 3 heteroatoms. The summed E-state index contributed by atoms with van der Waals surface area (Å²) < 4.78 is 5.12. The standard InChI is InChI=1S/C10H12O3/c1-7(11)3-5-9(12)10-6-4-8(2)13-10/h4,6H,3,5H2,1-2H3. The van der Waals surface area contributed by atoms with Crippen LogP contribution in [0.15, 0.2) is 16.5 Å². The lowest BCUT2D eigenvalue weighted by Gasteiger charge is -1.93. The Bertz CT molecular complexity index is 323. The number of carbonyl (C=O) groups excluding carboxylic acids is 2. The van der Waals surface area contributed by atoms with Gasteiger partial charge in [0.05, 0.1) is 0 Å². The van der Waals surface area contributed by atoms with E-state index in [0.29, 0.717) is 17.9 Å². The Labute approximate surface area is 76.7 Å². The van der Waals surface area contributed by atoms with Crippen molar-refractivity contribution in [1.82, 2.24) is 0 Å². The lowest BCUT2D eigenvalue weighted by molar-refractivity contribution is -0.116. The summed E-state index contributed by atoms with van der Waals surface area (Å²) in [4.78, 5) is 21.9. The quantitative estimate of drug-likeness (QED) is 0.667. The molecule has 0 aliphatic carbocycles. The summed E-state index contributed by atoms with van der Waals surface area (Å²) in [6.45, 7) is 3.25. The molecule has 0 aliphatic rings. The van der Waals surface area contributed by atoms with Gasteiger partial charge in [-0.05, 0) is 26.0 Å². The van der Waals surface area contributed by atoms with Crippen LogP contribution in [0.25, 0.3) is 0 Å². The fraction of sp³-hybridized carbons (Fsp3) is 0.400. The maximum Gasteiger partial charge on any atom is 0.198 e. The van der Waals surface area contributed by atoms with E-state index in [0.717, 1.165) is 0 Å². The Balaban J connectivity index is 2.54. The van der Waals surface area contributed by atoms with Gasteiger partial charge in [-0.2, -0.15) is 0 Å². The second kappa shape index (κ2) is 4.03. The minimum absolute atomic E-state index is 0.0247. The molecule has 1 aromatic rings. The van der Waals surface area contributed by atoms with Gasteiger partial charge < -0.3 is 9.21 Å². The lowest BCUT2D eigenvalue weighted by atomic mass is 10.1. The molecule has 13 heavy (non-hydrogen) atoms. The molecule has 0 aromatic carbocycles. The average molecular weight is 180 g/mol. The van der Waals surface area contributed by atoms with Crippen molar-refractivity contribution < 1.29 is 14.0 Å². The molecule has 0 amide bonds. The Morgan fingerprint density at radius 1 is 1.31 bits per heavy atom. The molecular weight excluding hydrogens is 168 g/mol. The first-order valence-electron chi connectivity index (χ1n) is 4.18. The zero-order valence-corrected chi connectivity index (χ0v) is 7.79. The highest BCUT2D eigenvalue weighted by Crippen LogP contribution is 2.09. The van der Waals surface area contributed by atoms with Gasteiger partial charge in [0.25, 0.3) is 0 Å². The molecule has 1 rings (SSSR count). The Kier molecular flexibility index (Phi) is 3.01. The van der Waals surface area contributed by atoms with Gasteiger partial charge >= 0.3 is 0 Å². The monoisotopic (exact) mass is 180 g/mol. The molecular formula is C10H12O3. The van der Waals surface area contributed by atoms with Crippen molar-refractivity contribution in [1.29, 1.82) is 0 Å². The average Bonchev–Trinajstić information content (AvgIpc) is 2.47. The van der Waals surface area contributed by atoms with E-state index < -0.39 is 0 Å². The molecule has 0 bridgehead atoms. The number of furan rings is 1. The second-order valence-electron chi connectivity index (χ2n) is 3.04.